The van der Waals surface area contributed by atoms with Gasteiger partial charge in [-0.1, -0.05) is 6.92 Å². The molecule has 1 fully saturated rings. The van der Waals surface area contributed by atoms with Crippen molar-refractivity contribution in [1.82, 2.24) is 0 Å². The van der Waals surface area contributed by atoms with Crippen LogP contribution < -0.4 is 0 Å². The Bertz CT molecular complexity index is 126. The first-order valence-electron chi connectivity index (χ1n) is 4.46. The lowest BCUT2D eigenvalue weighted by atomic mass is 10.1. The van der Waals surface area contributed by atoms with Gasteiger partial charge in [0.1, 0.15) is 5.78 Å². The van der Waals surface area contributed by atoms with Crippen LogP contribution in [-0.4, -0.2) is 18.5 Å². The molecule has 1 saturated heterocycles. The van der Waals surface area contributed by atoms with Crippen LogP contribution in [0.3, 0.4) is 0 Å². The van der Waals surface area contributed by atoms with Crippen LogP contribution in [0.4, 0.5) is 0 Å². The first kappa shape index (κ1) is 8.72. The van der Waals surface area contributed by atoms with E-state index >= 15 is 0 Å². The van der Waals surface area contributed by atoms with Crippen molar-refractivity contribution < 1.29 is 9.53 Å². The summed E-state index contributed by atoms with van der Waals surface area (Å²) in [4.78, 5) is 10.9. The summed E-state index contributed by atoms with van der Waals surface area (Å²) < 4.78 is 5.40. The zero-order valence-corrected chi connectivity index (χ0v) is 7.14. The second kappa shape index (κ2) is 4.50. The predicted molar refractivity (Wildman–Crippen MR) is 43.5 cm³/mol. The standard InChI is InChI=1S/C9H16O2/c1-2-8(10)5-6-9-4-3-7-11-9/h9H,2-7H2,1H3. The number of hydrogen-bond acceptors (Lipinski definition) is 2. The highest BCUT2D eigenvalue weighted by Crippen LogP contribution is 2.16. The summed E-state index contributed by atoms with van der Waals surface area (Å²) in [5.74, 6) is 0.362. The SMILES string of the molecule is CCC(=O)CCC1CCCO1. The molecule has 0 radical (unpaired) electrons. The van der Waals surface area contributed by atoms with E-state index in [4.69, 9.17) is 4.74 Å². The molecule has 1 aliphatic rings. The van der Waals surface area contributed by atoms with Gasteiger partial charge in [0.15, 0.2) is 0 Å². The van der Waals surface area contributed by atoms with Crippen LogP contribution in [0.15, 0.2) is 0 Å². The highest BCUT2D eigenvalue weighted by atomic mass is 16.5. The summed E-state index contributed by atoms with van der Waals surface area (Å²) in [5, 5.41) is 0. The number of carbonyl (C=O) groups excluding carboxylic acids is 1. The second-order valence-corrected chi connectivity index (χ2v) is 3.07. The van der Waals surface area contributed by atoms with E-state index in [1.54, 1.807) is 0 Å². The van der Waals surface area contributed by atoms with Gasteiger partial charge in [0.2, 0.25) is 0 Å². The van der Waals surface area contributed by atoms with Crippen LogP contribution in [0.5, 0.6) is 0 Å². The summed E-state index contributed by atoms with van der Waals surface area (Å²) in [6.07, 6.45) is 5.02. The van der Waals surface area contributed by atoms with E-state index in [0.717, 1.165) is 19.4 Å². The van der Waals surface area contributed by atoms with E-state index in [1.165, 1.54) is 6.42 Å². The minimum absolute atomic E-state index is 0.362. The van der Waals surface area contributed by atoms with Crippen molar-refractivity contribution in [1.29, 1.82) is 0 Å². The maximum atomic E-state index is 10.9. The number of rotatable bonds is 4. The maximum absolute atomic E-state index is 10.9. The summed E-state index contributed by atoms with van der Waals surface area (Å²) >= 11 is 0. The molecule has 0 aliphatic carbocycles. The van der Waals surface area contributed by atoms with E-state index in [0.29, 0.717) is 24.7 Å². The van der Waals surface area contributed by atoms with Crippen molar-refractivity contribution in [2.75, 3.05) is 6.61 Å². The van der Waals surface area contributed by atoms with Gasteiger partial charge in [-0.15, -0.1) is 0 Å². The molecule has 1 heterocycles. The normalized spacial score (nSPS) is 23.9. The highest BCUT2D eigenvalue weighted by molar-refractivity contribution is 5.77. The molecule has 0 saturated carbocycles. The van der Waals surface area contributed by atoms with Crippen molar-refractivity contribution in [3.8, 4) is 0 Å². The zero-order valence-electron chi connectivity index (χ0n) is 7.14. The van der Waals surface area contributed by atoms with Crippen molar-refractivity contribution >= 4 is 5.78 Å². The van der Waals surface area contributed by atoms with Gasteiger partial charge in [0.25, 0.3) is 0 Å². The van der Waals surface area contributed by atoms with Gasteiger partial charge in [-0.05, 0) is 19.3 Å². The Kier molecular flexibility index (Phi) is 3.57. The molecule has 2 heteroatoms. The third kappa shape index (κ3) is 3.02. The van der Waals surface area contributed by atoms with Gasteiger partial charge in [0, 0.05) is 19.4 Å². The largest absolute Gasteiger partial charge is 0.378 e. The van der Waals surface area contributed by atoms with Crippen molar-refractivity contribution in [2.24, 2.45) is 0 Å². The third-order valence-electron chi connectivity index (χ3n) is 2.16. The summed E-state index contributed by atoms with van der Waals surface area (Å²) in [6.45, 7) is 2.81. The highest BCUT2D eigenvalue weighted by Gasteiger charge is 2.15. The van der Waals surface area contributed by atoms with Crippen LogP contribution in [0.1, 0.15) is 39.0 Å². The molecule has 1 unspecified atom stereocenters. The molecular formula is C9H16O2. The molecule has 0 aromatic rings. The number of Topliss-reactive ketones (excluding diaryl/α,β-unsaturated/α-hetero) is 1. The van der Waals surface area contributed by atoms with Crippen molar-refractivity contribution in [3.05, 3.63) is 0 Å². The molecule has 0 aromatic carbocycles. The van der Waals surface area contributed by atoms with Gasteiger partial charge >= 0.3 is 0 Å². The molecule has 0 aromatic heterocycles. The minimum Gasteiger partial charge on any atom is -0.378 e. The average Bonchev–Trinajstić information content (AvgIpc) is 2.52. The molecule has 1 atom stereocenters. The van der Waals surface area contributed by atoms with Crippen LogP contribution in [0.2, 0.25) is 0 Å². The fourth-order valence-corrected chi connectivity index (χ4v) is 1.37. The first-order valence-corrected chi connectivity index (χ1v) is 4.46. The number of ketones is 1. The molecule has 0 amide bonds. The Morgan fingerprint density at radius 1 is 1.64 bits per heavy atom. The fourth-order valence-electron chi connectivity index (χ4n) is 1.37. The van der Waals surface area contributed by atoms with Crippen LogP contribution in [0, 0.1) is 0 Å². The third-order valence-corrected chi connectivity index (χ3v) is 2.16. The van der Waals surface area contributed by atoms with Crippen molar-refractivity contribution in [3.63, 3.8) is 0 Å². The molecule has 1 rings (SSSR count). The summed E-state index contributed by atoms with van der Waals surface area (Å²) in [7, 11) is 0. The lowest BCUT2D eigenvalue weighted by Gasteiger charge is -2.06. The number of carbonyl (C=O) groups is 1. The Morgan fingerprint density at radius 2 is 2.45 bits per heavy atom. The van der Waals surface area contributed by atoms with Crippen LogP contribution >= 0.6 is 0 Å². The Labute approximate surface area is 67.9 Å². The molecular weight excluding hydrogens is 140 g/mol. The summed E-state index contributed by atoms with van der Waals surface area (Å²) in [5.41, 5.74) is 0. The molecule has 2 nitrogen and oxygen atoms in total. The van der Waals surface area contributed by atoms with E-state index in [1.807, 2.05) is 6.92 Å². The molecule has 11 heavy (non-hydrogen) atoms. The Hall–Kier alpha value is -0.370. The number of ether oxygens (including phenoxy) is 1. The Morgan fingerprint density at radius 3 is 3.00 bits per heavy atom. The fraction of sp³-hybridized carbons (Fsp3) is 0.889. The number of hydrogen-bond donors (Lipinski definition) is 0. The Balaban J connectivity index is 2.06. The van der Waals surface area contributed by atoms with E-state index < -0.39 is 0 Å². The quantitative estimate of drug-likeness (QED) is 0.621. The van der Waals surface area contributed by atoms with Gasteiger partial charge in [-0.3, -0.25) is 4.79 Å². The average molecular weight is 156 g/mol. The van der Waals surface area contributed by atoms with Gasteiger partial charge in [-0.2, -0.15) is 0 Å². The van der Waals surface area contributed by atoms with Crippen LogP contribution in [-0.2, 0) is 9.53 Å². The minimum atomic E-state index is 0.362. The lowest BCUT2D eigenvalue weighted by molar-refractivity contribution is -0.119. The topological polar surface area (TPSA) is 26.3 Å². The zero-order chi connectivity index (χ0) is 8.10. The van der Waals surface area contributed by atoms with Crippen molar-refractivity contribution in [2.45, 2.75) is 45.1 Å². The lowest BCUT2D eigenvalue weighted by Crippen LogP contribution is -2.07. The van der Waals surface area contributed by atoms with E-state index in [-0.39, 0.29) is 0 Å². The monoisotopic (exact) mass is 156 g/mol. The molecule has 0 N–H and O–H groups in total. The molecule has 0 spiro atoms. The predicted octanol–water partition coefficient (Wildman–Crippen LogP) is 1.92. The van der Waals surface area contributed by atoms with Gasteiger partial charge in [-0.25, -0.2) is 0 Å². The van der Waals surface area contributed by atoms with Gasteiger partial charge < -0.3 is 4.74 Å². The van der Waals surface area contributed by atoms with E-state index in [2.05, 4.69) is 0 Å². The van der Waals surface area contributed by atoms with Crippen LogP contribution in [0.25, 0.3) is 0 Å². The summed E-state index contributed by atoms with van der Waals surface area (Å²) in [6, 6.07) is 0. The second-order valence-electron chi connectivity index (χ2n) is 3.07. The molecule has 64 valence electrons. The molecule has 1 aliphatic heterocycles. The maximum Gasteiger partial charge on any atom is 0.132 e. The first-order chi connectivity index (χ1) is 5.33. The van der Waals surface area contributed by atoms with Gasteiger partial charge in [0.05, 0.1) is 6.10 Å². The molecule has 0 bridgehead atoms. The van der Waals surface area contributed by atoms with E-state index in [9.17, 15) is 4.79 Å². The smallest absolute Gasteiger partial charge is 0.132 e.